The molecular weight excluding hydrogens is 198 g/mol. The fraction of sp³-hybridized carbons (Fsp3) is 0.357. The van der Waals surface area contributed by atoms with Crippen LogP contribution in [-0.4, -0.2) is 23.9 Å². The van der Waals surface area contributed by atoms with Crippen LogP contribution in [0.5, 0.6) is 0 Å². The van der Waals surface area contributed by atoms with E-state index in [9.17, 15) is 4.79 Å². The molecule has 1 heterocycles. The summed E-state index contributed by atoms with van der Waals surface area (Å²) < 4.78 is 0. The summed E-state index contributed by atoms with van der Waals surface area (Å²) in [6.07, 6.45) is 4.47. The molecule has 0 aromatic heterocycles. The summed E-state index contributed by atoms with van der Waals surface area (Å²) in [5.41, 5.74) is 2.82. The molecule has 2 nitrogen and oxygen atoms in total. The lowest BCUT2D eigenvalue weighted by Gasteiger charge is -2.24. The molecule has 1 aliphatic heterocycles. The quantitative estimate of drug-likeness (QED) is 0.658. The number of rotatable bonds is 1. The number of hydrogen-bond donors (Lipinski definition) is 0. The molecular formula is C14H17NO. The van der Waals surface area contributed by atoms with E-state index < -0.39 is 0 Å². The molecule has 0 saturated carbocycles. The Morgan fingerprint density at radius 1 is 1.19 bits per heavy atom. The van der Waals surface area contributed by atoms with Gasteiger partial charge in [0.15, 0.2) is 0 Å². The summed E-state index contributed by atoms with van der Waals surface area (Å²) in [5, 5.41) is 0. The Labute approximate surface area is 96.6 Å². The van der Waals surface area contributed by atoms with Crippen LogP contribution < -0.4 is 0 Å². The van der Waals surface area contributed by atoms with Gasteiger partial charge in [0.25, 0.3) is 0 Å². The summed E-state index contributed by atoms with van der Waals surface area (Å²) in [6.45, 7) is 5.20. The highest BCUT2D eigenvalue weighted by molar-refractivity contribution is 5.87. The van der Waals surface area contributed by atoms with Crippen LogP contribution in [0.2, 0.25) is 0 Å². The predicted octanol–water partition coefficient (Wildman–Crippen LogP) is 2.19. The van der Waals surface area contributed by atoms with Crippen LogP contribution in [0.15, 0.2) is 36.9 Å². The topological polar surface area (TPSA) is 20.3 Å². The lowest BCUT2D eigenvalue weighted by atomic mass is 9.98. The number of carbonyl (C=O) groups is 1. The molecule has 0 unspecified atom stereocenters. The van der Waals surface area contributed by atoms with Gasteiger partial charge in [-0.1, -0.05) is 30.8 Å². The number of carbonyl (C=O) groups excluding carboxylic acids is 1. The molecule has 2 rings (SSSR count). The van der Waals surface area contributed by atoms with Gasteiger partial charge in [-0.3, -0.25) is 4.79 Å². The lowest BCUT2D eigenvalue weighted by Crippen LogP contribution is -2.33. The smallest absolute Gasteiger partial charge is 0.245 e. The maximum Gasteiger partial charge on any atom is 0.245 e. The molecule has 1 aliphatic rings. The first-order chi connectivity index (χ1) is 7.81. The second-order valence-corrected chi connectivity index (χ2v) is 4.15. The van der Waals surface area contributed by atoms with Gasteiger partial charge >= 0.3 is 0 Å². The first-order valence-electron chi connectivity index (χ1n) is 5.79. The highest BCUT2D eigenvalue weighted by Gasteiger charge is 2.14. The zero-order valence-corrected chi connectivity index (χ0v) is 9.48. The van der Waals surface area contributed by atoms with Crippen molar-refractivity contribution in [3.05, 3.63) is 48.0 Å². The van der Waals surface area contributed by atoms with Gasteiger partial charge in [0.2, 0.25) is 5.91 Å². The van der Waals surface area contributed by atoms with Crippen LogP contribution in [-0.2, 0) is 17.6 Å². The van der Waals surface area contributed by atoms with Gasteiger partial charge in [0.1, 0.15) is 0 Å². The molecule has 0 radical (unpaired) electrons. The van der Waals surface area contributed by atoms with E-state index in [1.165, 1.54) is 17.2 Å². The lowest BCUT2D eigenvalue weighted by molar-refractivity contribution is -0.126. The van der Waals surface area contributed by atoms with Crippen molar-refractivity contribution in [3.63, 3.8) is 0 Å². The van der Waals surface area contributed by atoms with Crippen molar-refractivity contribution < 1.29 is 4.79 Å². The highest BCUT2D eigenvalue weighted by atomic mass is 16.2. The summed E-state index contributed by atoms with van der Waals surface area (Å²) >= 11 is 0. The van der Waals surface area contributed by atoms with E-state index in [1.54, 1.807) is 0 Å². The molecule has 84 valence electrons. The SMILES string of the molecule is C=CC(=O)N1CCCc2ccccc2CC1. The fourth-order valence-corrected chi connectivity index (χ4v) is 2.22. The van der Waals surface area contributed by atoms with Crippen LogP contribution in [0.3, 0.4) is 0 Å². The van der Waals surface area contributed by atoms with Crippen molar-refractivity contribution in [2.45, 2.75) is 19.3 Å². The van der Waals surface area contributed by atoms with E-state index in [4.69, 9.17) is 0 Å². The molecule has 0 fully saturated rings. The molecule has 16 heavy (non-hydrogen) atoms. The molecule has 0 saturated heterocycles. The molecule has 0 N–H and O–H groups in total. The van der Waals surface area contributed by atoms with Gasteiger partial charge < -0.3 is 4.90 Å². The van der Waals surface area contributed by atoms with Crippen LogP contribution in [0.4, 0.5) is 0 Å². The van der Waals surface area contributed by atoms with E-state index in [2.05, 4.69) is 30.8 Å². The molecule has 0 atom stereocenters. The predicted molar refractivity (Wildman–Crippen MR) is 65.2 cm³/mol. The van der Waals surface area contributed by atoms with Gasteiger partial charge in [-0.15, -0.1) is 0 Å². The van der Waals surface area contributed by atoms with Gasteiger partial charge in [-0.2, -0.15) is 0 Å². The maximum absolute atomic E-state index is 11.6. The zero-order chi connectivity index (χ0) is 11.4. The standard InChI is InChI=1S/C14H17NO/c1-2-14(16)15-10-5-8-12-6-3-4-7-13(12)9-11-15/h2-4,6-7H,1,5,8-11H2. The number of aryl methyl sites for hydroxylation is 1. The highest BCUT2D eigenvalue weighted by Crippen LogP contribution is 2.15. The van der Waals surface area contributed by atoms with Gasteiger partial charge in [0, 0.05) is 13.1 Å². The average molecular weight is 215 g/mol. The van der Waals surface area contributed by atoms with Crippen molar-refractivity contribution in [3.8, 4) is 0 Å². The molecule has 2 heteroatoms. The number of amides is 1. The molecule has 1 aromatic rings. The summed E-state index contributed by atoms with van der Waals surface area (Å²) in [4.78, 5) is 13.4. The Morgan fingerprint density at radius 2 is 1.88 bits per heavy atom. The number of benzene rings is 1. The second kappa shape index (κ2) is 4.97. The molecule has 0 spiro atoms. The third-order valence-corrected chi connectivity index (χ3v) is 3.13. The second-order valence-electron chi connectivity index (χ2n) is 4.15. The number of fused-ring (bicyclic) bond motifs is 1. The fourth-order valence-electron chi connectivity index (χ4n) is 2.22. The van der Waals surface area contributed by atoms with Gasteiger partial charge in [-0.05, 0) is 36.5 Å². The van der Waals surface area contributed by atoms with Crippen molar-refractivity contribution in [2.75, 3.05) is 13.1 Å². The molecule has 0 bridgehead atoms. The molecule has 1 amide bonds. The largest absolute Gasteiger partial charge is 0.339 e. The normalized spacial score (nSPS) is 15.9. The van der Waals surface area contributed by atoms with Crippen LogP contribution in [0.25, 0.3) is 0 Å². The van der Waals surface area contributed by atoms with Crippen LogP contribution in [0.1, 0.15) is 17.5 Å². The number of hydrogen-bond acceptors (Lipinski definition) is 1. The minimum absolute atomic E-state index is 0.0550. The Bertz CT molecular complexity index is 397. The minimum atomic E-state index is 0.0550. The average Bonchev–Trinajstić information content (AvgIpc) is 2.29. The van der Waals surface area contributed by atoms with Gasteiger partial charge in [-0.25, -0.2) is 0 Å². The van der Waals surface area contributed by atoms with Crippen molar-refractivity contribution >= 4 is 5.91 Å². The van der Waals surface area contributed by atoms with Crippen LogP contribution >= 0.6 is 0 Å². The Balaban J connectivity index is 2.13. The maximum atomic E-state index is 11.6. The number of nitrogens with zero attached hydrogens (tertiary/aromatic N) is 1. The molecule has 0 aliphatic carbocycles. The first-order valence-corrected chi connectivity index (χ1v) is 5.79. The summed E-state index contributed by atoms with van der Waals surface area (Å²) in [7, 11) is 0. The van der Waals surface area contributed by atoms with Crippen molar-refractivity contribution in [1.29, 1.82) is 0 Å². The van der Waals surface area contributed by atoms with Crippen molar-refractivity contribution in [1.82, 2.24) is 4.90 Å². The monoisotopic (exact) mass is 215 g/mol. The van der Waals surface area contributed by atoms with Gasteiger partial charge in [0.05, 0.1) is 0 Å². The Kier molecular flexibility index (Phi) is 3.40. The third-order valence-electron chi connectivity index (χ3n) is 3.13. The molecule has 1 aromatic carbocycles. The van der Waals surface area contributed by atoms with E-state index in [1.807, 2.05) is 4.90 Å². The first kappa shape index (κ1) is 10.9. The zero-order valence-electron chi connectivity index (χ0n) is 9.48. The third kappa shape index (κ3) is 2.32. The minimum Gasteiger partial charge on any atom is -0.339 e. The van der Waals surface area contributed by atoms with Crippen molar-refractivity contribution in [2.24, 2.45) is 0 Å². The Hall–Kier alpha value is -1.57. The van der Waals surface area contributed by atoms with E-state index in [0.717, 1.165) is 32.4 Å². The Morgan fingerprint density at radius 3 is 2.56 bits per heavy atom. The van der Waals surface area contributed by atoms with E-state index >= 15 is 0 Å². The summed E-state index contributed by atoms with van der Waals surface area (Å²) in [6, 6.07) is 8.52. The van der Waals surface area contributed by atoms with E-state index in [0.29, 0.717) is 0 Å². The van der Waals surface area contributed by atoms with E-state index in [-0.39, 0.29) is 5.91 Å². The summed E-state index contributed by atoms with van der Waals surface area (Å²) in [5.74, 6) is 0.0550. The van der Waals surface area contributed by atoms with Crippen LogP contribution in [0, 0.1) is 0 Å².